The van der Waals surface area contributed by atoms with E-state index in [9.17, 15) is 0 Å². The van der Waals surface area contributed by atoms with Crippen LogP contribution in [0.25, 0.3) is 0 Å². The van der Waals surface area contributed by atoms with Crippen molar-refractivity contribution in [1.29, 1.82) is 0 Å². The minimum absolute atomic E-state index is 0.994. The molecule has 108 valence electrons. The molecular formula is C19H27N. The molecule has 1 heterocycles. The van der Waals surface area contributed by atoms with Crippen LogP contribution in [0.1, 0.15) is 55.1 Å². The van der Waals surface area contributed by atoms with Crippen LogP contribution in [0.3, 0.4) is 0 Å². The van der Waals surface area contributed by atoms with E-state index < -0.39 is 0 Å². The monoisotopic (exact) mass is 269 g/mol. The molecule has 0 bridgehead atoms. The van der Waals surface area contributed by atoms with Crippen LogP contribution < -0.4 is 0 Å². The average Bonchev–Trinajstić information content (AvgIpc) is 2.72. The predicted molar refractivity (Wildman–Crippen MR) is 87.3 cm³/mol. The highest BCUT2D eigenvalue weighted by Gasteiger charge is 2.09. The number of aromatic nitrogens is 1. The summed E-state index contributed by atoms with van der Waals surface area (Å²) in [6, 6.07) is 13.1. The third-order valence-corrected chi connectivity index (χ3v) is 4.16. The Morgan fingerprint density at radius 1 is 0.950 bits per heavy atom. The standard InChI is InChI=1S/C19H27N/c1-4-5-6-10-13-19-14-16(2)20(17(19)3)15-18-11-8-7-9-12-18/h7-9,11-12,14H,4-6,10,13,15H2,1-3H3. The largest absolute Gasteiger partial charge is 0.345 e. The number of unbranched alkanes of at least 4 members (excludes halogenated alkanes) is 3. The molecule has 1 aromatic heterocycles. The molecule has 0 unspecified atom stereocenters. The lowest BCUT2D eigenvalue weighted by Crippen LogP contribution is -2.04. The van der Waals surface area contributed by atoms with Crippen LogP contribution in [-0.2, 0) is 13.0 Å². The van der Waals surface area contributed by atoms with Crippen LogP contribution in [0, 0.1) is 13.8 Å². The summed E-state index contributed by atoms with van der Waals surface area (Å²) in [5.74, 6) is 0. The van der Waals surface area contributed by atoms with E-state index in [0.717, 1.165) is 6.54 Å². The quantitative estimate of drug-likeness (QED) is 0.603. The summed E-state index contributed by atoms with van der Waals surface area (Å²) in [5, 5.41) is 0. The summed E-state index contributed by atoms with van der Waals surface area (Å²) < 4.78 is 2.45. The average molecular weight is 269 g/mol. The van der Waals surface area contributed by atoms with Crippen molar-refractivity contribution in [3.8, 4) is 0 Å². The number of rotatable bonds is 7. The Morgan fingerprint density at radius 2 is 1.70 bits per heavy atom. The Morgan fingerprint density at radius 3 is 2.40 bits per heavy atom. The van der Waals surface area contributed by atoms with Crippen molar-refractivity contribution >= 4 is 0 Å². The number of aryl methyl sites for hydroxylation is 2. The predicted octanol–water partition coefficient (Wildman–Crippen LogP) is 5.28. The second-order valence-corrected chi connectivity index (χ2v) is 5.78. The van der Waals surface area contributed by atoms with Gasteiger partial charge in [0, 0.05) is 17.9 Å². The van der Waals surface area contributed by atoms with Crippen LogP contribution in [0.2, 0.25) is 0 Å². The molecule has 0 atom stereocenters. The number of hydrogen-bond donors (Lipinski definition) is 0. The van der Waals surface area contributed by atoms with E-state index in [-0.39, 0.29) is 0 Å². The maximum Gasteiger partial charge on any atom is 0.0475 e. The first kappa shape index (κ1) is 14.9. The van der Waals surface area contributed by atoms with E-state index in [0.29, 0.717) is 0 Å². The lowest BCUT2D eigenvalue weighted by atomic mass is 10.1. The summed E-state index contributed by atoms with van der Waals surface area (Å²) in [7, 11) is 0. The van der Waals surface area contributed by atoms with Gasteiger partial charge >= 0.3 is 0 Å². The first-order valence-corrected chi connectivity index (χ1v) is 7.92. The van der Waals surface area contributed by atoms with Gasteiger partial charge < -0.3 is 4.57 Å². The highest BCUT2D eigenvalue weighted by atomic mass is 15.0. The first-order chi connectivity index (χ1) is 9.72. The minimum Gasteiger partial charge on any atom is -0.345 e. The Labute approximate surface area is 123 Å². The molecule has 0 saturated heterocycles. The van der Waals surface area contributed by atoms with E-state index in [2.05, 4.69) is 61.7 Å². The van der Waals surface area contributed by atoms with E-state index in [1.165, 1.54) is 54.6 Å². The molecule has 0 saturated carbocycles. The molecule has 0 amide bonds. The third kappa shape index (κ3) is 3.75. The van der Waals surface area contributed by atoms with Crippen LogP contribution >= 0.6 is 0 Å². The fourth-order valence-electron chi connectivity index (χ4n) is 2.88. The van der Waals surface area contributed by atoms with Gasteiger partial charge in [0.2, 0.25) is 0 Å². The fourth-order valence-corrected chi connectivity index (χ4v) is 2.88. The Hall–Kier alpha value is -1.50. The molecule has 1 heteroatoms. The van der Waals surface area contributed by atoms with Gasteiger partial charge in [-0.1, -0.05) is 56.5 Å². The summed E-state index contributed by atoms with van der Waals surface area (Å²) in [5.41, 5.74) is 5.75. The lowest BCUT2D eigenvalue weighted by molar-refractivity contribution is 0.662. The van der Waals surface area contributed by atoms with E-state index in [1.807, 2.05) is 0 Å². The number of hydrogen-bond acceptors (Lipinski definition) is 0. The molecule has 1 aromatic carbocycles. The van der Waals surface area contributed by atoms with Gasteiger partial charge in [-0.2, -0.15) is 0 Å². The fraction of sp³-hybridized carbons (Fsp3) is 0.474. The Balaban J connectivity index is 2.05. The molecule has 0 fully saturated rings. The molecule has 2 rings (SSSR count). The highest BCUT2D eigenvalue weighted by molar-refractivity contribution is 5.28. The topological polar surface area (TPSA) is 4.93 Å². The molecule has 0 aliphatic heterocycles. The zero-order valence-electron chi connectivity index (χ0n) is 13.2. The van der Waals surface area contributed by atoms with Crippen molar-refractivity contribution in [2.75, 3.05) is 0 Å². The zero-order valence-corrected chi connectivity index (χ0v) is 13.2. The van der Waals surface area contributed by atoms with E-state index in [4.69, 9.17) is 0 Å². The molecular weight excluding hydrogens is 242 g/mol. The second-order valence-electron chi connectivity index (χ2n) is 5.78. The molecule has 0 N–H and O–H groups in total. The highest BCUT2D eigenvalue weighted by Crippen LogP contribution is 2.19. The smallest absolute Gasteiger partial charge is 0.0475 e. The summed E-state index contributed by atoms with van der Waals surface area (Å²) in [6.45, 7) is 7.76. The van der Waals surface area contributed by atoms with Gasteiger partial charge in [-0.15, -0.1) is 0 Å². The van der Waals surface area contributed by atoms with Crippen molar-refractivity contribution in [3.05, 3.63) is 58.9 Å². The molecule has 0 radical (unpaired) electrons. The molecule has 1 nitrogen and oxygen atoms in total. The Bertz CT molecular complexity index is 522. The summed E-state index contributed by atoms with van der Waals surface area (Å²) >= 11 is 0. The molecule has 2 aromatic rings. The van der Waals surface area contributed by atoms with E-state index >= 15 is 0 Å². The van der Waals surface area contributed by atoms with Crippen molar-refractivity contribution in [3.63, 3.8) is 0 Å². The summed E-state index contributed by atoms with van der Waals surface area (Å²) in [4.78, 5) is 0. The molecule has 0 spiro atoms. The van der Waals surface area contributed by atoms with Crippen LogP contribution in [0.4, 0.5) is 0 Å². The van der Waals surface area contributed by atoms with Gasteiger partial charge in [0.15, 0.2) is 0 Å². The molecule has 0 aliphatic carbocycles. The van der Waals surface area contributed by atoms with Crippen molar-refractivity contribution in [1.82, 2.24) is 4.57 Å². The van der Waals surface area contributed by atoms with E-state index in [1.54, 1.807) is 0 Å². The maximum atomic E-state index is 2.45. The van der Waals surface area contributed by atoms with Crippen LogP contribution in [0.15, 0.2) is 36.4 Å². The van der Waals surface area contributed by atoms with Gasteiger partial charge in [0.25, 0.3) is 0 Å². The maximum absolute atomic E-state index is 2.45. The van der Waals surface area contributed by atoms with Crippen LogP contribution in [-0.4, -0.2) is 4.57 Å². The first-order valence-electron chi connectivity index (χ1n) is 7.92. The Kier molecular flexibility index (Phi) is 5.46. The second kappa shape index (κ2) is 7.33. The van der Waals surface area contributed by atoms with Crippen molar-refractivity contribution < 1.29 is 0 Å². The number of benzene rings is 1. The van der Waals surface area contributed by atoms with Gasteiger partial charge in [0.1, 0.15) is 0 Å². The summed E-state index contributed by atoms with van der Waals surface area (Å²) in [6.07, 6.45) is 6.59. The van der Waals surface area contributed by atoms with Gasteiger partial charge in [-0.3, -0.25) is 0 Å². The zero-order chi connectivity index (χ0) is 14.4. The lowest BCUT2D eigenvalue weighted by Gasteiger charge is -2.10. The van der Waals surface area contributed by atoms with Crippen molar-refractivity contribution in [2.24, 2.45) is 0 Å². The van der Waals surface area contributed by atoms with Crippen LogP contribution in [0.5, 0.6) is 0 Å². The molecule has 0 aliphatic rings. The van der Waals surface area contributed by atoms with Gasteiger partial charge in [-0.25, -0.2) is 0 Å². The SMILES string of the molecule is CCCCCCc1cc(C)n(Cc2ccccc2)c1C. The number of nitrogens with zero attached hydrogens (tertiary/aromatic N) is 1. The molecule has 20 heavy (non-hydrogen) atoms. The van der Waals surface area contributed by atoms with Crippen molar-refractivity contribution in [2.45, 2.75) is 59.4 Å². The third-order valence-electron chi connectivity index (χ3n) is 4.16. The van der Waals surface area contributed by atoms with Gasteiger partial charge in [0.05, 0.1) is 0 Å². The minimum atomic E-state index is 0.994. The van der Waals surface area contributed by atoms with Gasteiger partial charge in [-0.05, 0) is 43.9 Å². The normalized spacial score (nSPS) is 10.9.